The van der Waals surface area contributed by atoms with Gasteiger partial charge < -0.3 is 19.6 Å². The summed E-state index contributed by atoms with van der Waals surface area (Å²) in [6, 6.07) is 9.62. The smallest absolute Gasteiger partial charge is 0.264 e. The lowest BCUT2D eigenvalue weighted by Gasteiger charge is -2.06. The number of amidine groups is 1. The zero-order valence-electron chi connectivity index (χ0n) is 11.1. The second-order valence-corrected chi connectivity index (χ2v) is 5.33. The molecular weight excluding hydrogens is 304 g/mol. The van der Waals surface area contributed by atoms with E-state index in [0.29, 0.717) is 15.8 Å². The van der Waals surface area contributed by atoms with Gasteiger partial charge in [0.15, 0.2) is 5.17 Å². The molecule has 1 aromatic carbocycles. The summed E-state index contributed by atoms with van der Waals surface area (Å²) in [5, 5.41) is 13.9. The van der Waals surface area contributed by atoms with Crippen molar-refractivity contribution < 1.29 is 19.1 Å². The highest BCUT2D eigenvalue weighted by Crippen LogP contribution is 2.29. The summed E-state index contributed by atoms with van der Waals surface area (Å²) >= 11 is 1.11. The van der Waals surface area contributed by atoms with Gasteiger partial charge >= 0.3 is 0 Å². The van der Waals surface area contributed by atoms with Crippen molar-refractivity contribution in [3.63, 3.8) is 0 Å². The number of aliphatic imine (C=N–C) groups is 1. The van der Waals surface area contributed by atoms with E-state index in [0.717, 1.165) is 11.8 Å². The highest BCUT2D eigenvalue weighted by Gasteiger charge is 2.24. The molecule has 0 unspecified atom stereocenters. The average Bonchev–Trinajstić information content (AvgIpc) is 3.10. The molecule has 1 amide bonds. The molecule has 0 aliphatic carbocycles. The number of carboxylic acid groups (broad SMARTS) is 1. The number of amides is 1. The normalized spacial score (nSPS) is 17.9. The van der Waals surface area contributed by atoms with Crippen molar-refractivity contribution in [1.29, 1.82) is 0 Å². The molecule has 7 heteroatoms. The van der Waals surface area contributed by atoms with Crippen molar-refractivity contribution in [1.82, 2.24) is 5.32 Å². The van der Waals surface area contributed by atoms with Crippen LogP contribution in [0.3, 0.4) is 0 Å². The van der Waals surface area contributed by atoms with Crippen LogP contribution in [0, 0.1) is 0 Å². The highest BCUT2D eigenvalue weighted by molar-refractivity contribution is 8.18. The predicted octanol–water partition coefficient (Wildman–Crippen LogP) is 1.53. The van der Waals surface area contributed by atoms with E-state index in [1.165, 1.54) is 12.3 Å². The van der Waals surface area contributed by atoms with Gasteiger partial charge in [0, 0.05) is 11.6 Å². The molecule has 1 saturated heterocycles. The molecule has 1 aromatic heterocycles. The molecule has 0 saturated carbocycles. The molecule has 6 nitrogen and oxygen atoms in total. The van der Waals surface area contributed by atoms with Crippen LogP contribution in [0.1, 0.15) is 16.1 Å². The fourth-order valence-electron chi connectivity index (χ4n) is 1.84. The first kappa shape index (κ1) is 14.2. The average molecular weight is 313 g/mol. The Labute approximate surface area is 129 Å². The Morgan fingerprint density at radius 1 is 1.27 bits per heavy atom. The van der Waals surface area contributed by atoms with Gasteiger partial charge in [0.1, 0.15) is 5.76 Å². The zero-order valence-corrected chi connectivity index (χ0v) is 11.9. The molecule has 3 rings (SSSR count). The van der Waals surface area contributed by atoms with Gasteiger partial charge in [0.25, 0.3) is 5.91 Å². The van der Waals surface area contributed by atoms with Crippen LogP contribution in [0.15, 0.2) is 57.0 Å². The van der Waals surface area contributed by atoms with Crippen LogP contribution >= 0.6 is 11.8 Å². The summed E-state index contributed by atoms with van der Waals surface area (Å²) < 4.78 is 5.15. The largest absolute Gasteiger partial charge is 0.545 e. The standard InChI is InChI=1S/C15H10N2O4S/c18-13-12(8-9-4-3-7-21-9)22-15(17-13)16-11-6-2-1-5-10(11)14(19)20/h1-8H,(H,19,20)(H,16,17,18)/p-1/b12-8+. The Morgan fingerprint density at radius 3 is 2.82 bits per heavy atom. The Hall–Kier alpha value is -2.80. The third-order valence-corrected chi connectivity index (χ3v) is 3.72. The van der Waals surface area contributed by atoms with E-state index in [-0.39, 0.29) is 17.2 Å². The minimum absolute atomic E-state index is 0.0340. The molecular formula is C15H9N2O4S-. The number of carbonyl (C=O) groups excluding carboxylic acids is 2. The van der Waals surface area contributed by atoms with Gasteiger partial charge in [-0.05, 0) is 30.0 Å². The first-order valence-corrected chi connectivity index (χ1v) is 7.08. The molecule has 0 radical (unpaired) electrons. The van der Waals surface area contributed by atoms with Crippen LogP contribution in [0.5, 0.6) is 0 Å². The third-order valence-electron chi connectivity index (χ3n) is 2.81. The van der Waals surface area contributed by atoms with Crippen LogP contribution in [-0.4, -0.2) is 17.0 Å². The fourth-order valence-corrected chi connectivity index (χ4v) is 2.65. The maximum Gasteiger partial charge on any atom is 0.264 e. The van der Waals surface area contributed by atoms with Gasteiger partial charge in [-0.15, -0.1) is 0 Å². The molecule has 0 bridgehead atoms. The molecule has 0 spiro atoms. The Morgan fingerprint density at radius 2 is 2.09 bits per heavy atom. The highest BCUT2D eigenvalue weighted by atomic mass is 32.2. The number of thioether (sulfide) groups is 1. The number of aromatic carboxylic acids is 1. The Bertz CT molecular complexity index is 794. The van der Waals surface area contributed by atoms with Gasteiger partial charge in [-0.3, -0.25) is 4.79 Å². The number of hydrogen-bond acceptors (Lipinski definition) is 6. The van der Waals surface area contributed by atoms with Crippen molar-refractivity contribution in [3.05, 3.63) is 58.9 Å². The Kier molecular flexibility index (Phi) is 3.80. The summed E-state index contributed by atoms with van der Waals surface area (Å²) in [5.41, 5.74) is 0.192. The number of nitrogens with zero attached hydrogens (tertiary/aromatic N) is 1. The SMILES string of the molecule is O=C1NC(=Nc2ccccc2C(=O)[O-])S/C1=C/c1ccco1. The lowest BCUT2D eigenvalue weighted by Crippen LogP contribution is -2.23. The monoisotopic (exact) mass is 313 g/mol. The van der Waals surface area contributed by atoms with Crippen LogP contribution < -0.4 is 10.4 Å². The molecule has 0 atom stereocenters. The summed E-state index contributed by atoms with van der Waals surface area (Å²) in [5.74, 6) is -1.08. The van der Waals surface area contributed by atoms with E-state index < -0.39 is 5.97 Å². The van der Waals surface area contributed by atoms with Crippen molar-refractivity contribution in [2.75, 3.05) is 0 Å². The maximum absolute atomic E-state index is 11.9. The van der Waals surface area contributed by atoms with E-state index in [4.69, 9.17) is 4.42 Å². The second-order valence-electron chi connectivity index (χ2n) is 4.30. The minimum Gasteiger partial charge on any atom is -0.545 e. The van der Waals surface area contributed by atoms with Crippen molar-refractivity contribution in [3.8, 4) is 0 Å². The molecule has 1 fully saturated rings. The fraction of sp³-hybridized carbons (Fsp3) is 0. The number of benzene rings is 1. The summed E-state index contributed by atoms with van der Waals surface area (Å²) in [6.45, 7) is 0. The van der Waals surface area contributed by atoms with Gasteiger partial charge in [-0.2, -0.15) is 0 Å². The number of carboxylic acids is 1. The topological polar surface area (TPSA) is 94.7 Å². The molecule has 22 heavy (non-hydrogen) atoms. The molecule has 1 aliphatic rings. The third kappa shape index (κ3) is 2.94. The van der Waals surface area contributed by atoms with E-state index in [2.05, 4.69) is 10.3 Å². The van der Waals surface area contributed by atoms with Crippen LogP contribution in [0.4, 0.5) is 5.69 Å². The van der Waals surface area contributed by atoms with Crippen LogP contribution in [-0.2, 0) is 4.79 Å². The maximum atomic E-state index is 11.9. The molecule has 1 aliphatic heterocycles. The van der Waals surface area contributed by atoms with E-state index in [1.54, 1.807) is 36.4 Å². The predicted molar refractivity (Wildman–Crippen MR) is 80.3 cm³/mol. The zero-order chi connectivity index (χ0) is 15.5. The lowest BCUT2D eigenvalue weighted by molar-refractivity contribution is -0.254. The number of carbonyl (C=O) groups is 2. The first-order valence-electron chi connectivity index (χ1n) is 6.27. The second kappa shape index (κ2) is 5.90. The van der Waals surface area contributed by atoms with Crippen LogP contribution in [0.2, 0.25) is 0 Å². The van der Waals surface area contributed by atoms with Gasteiger partial charge in [0.05, 0.1) is 22.8 Å². The quantitative estimate of drug-likeness (QED) is 0.867. The Balaban J connectivity index is 1.89. The van der Waals surface area contributed by atoms with E-state index in [1.807, 2.05) is 0 Å². The molecule has 2 heterocycles. The first-order chi connectivity index (χ1) is 10.6. The van der Waals surface area contributed by atoms with E-state index in [9.17, 15) is 14.7 Å². The van der Waals surface area contributed by atoms with Gasteiger partial charge in [0.2, 0.25) is 0 Å². The molecule has 2 aromatic rings. The number of para-hydroxylation sites is 1. The van der Waals surface area contributed by atoms with Crippen molar-refractivity contribution >= 4 is 40.6 Å². The number of furan rings is 1. The minimum atomic E-state index is -1.32. The summed E-state index contributed by atoms with van der Waals surface area (Å²) in [4.78, 5) is 27.5. The number of hydrogen-bond donors (Lipinski definition) is 1. The van der Waals surface area contributed by atoms with Gasteiger partial charge in [-0.1, -0.05) is 18.2 Å². The number of nitrogens with one attached hydrogen (secondary N) is 1. The molecule has 1 N–H and O–H groups in total. The lowest BCUT2D eigenvalue weighted by atomic mass is 10.2. The summed E-state index contributed by atoms with van der Waals surface area (Å²) in [7, 11) is 0. The summed E-state index contributed by atoms with van der Waals surface area (Å²) in [6.07, 6.45) is 3.10. The van der Waals surface area contributed by atoms with Crippen LogP contribution in [0.25, 0.3) is 6.08 Å². The van der Waals surface area contributed by atoms with Gasteiger partial charge in [-0.25, -0.2) is 4.99 Å². The van der Waals surface area contributed by atoms with E-state index >= 15 is 0 Å². The number of rotatable bonds is 3. The molecule has 110 valence electrons. The van der Waals surface area contributed by atoms with Crippen molar-refractivity contribution in [2.45, 2.75) is 0 Å². The van der Waals surface area contributed by atoms with Crippen molar-refractivity contribution in [2.24, 2.45) is 4.99 Å².